The summed E-state index contributed by atoms with van der Waals surface area (Å²) < 4.78 is 9.95. The number of hydrogen-bond acceptors (Lipinski definition) is 8. The molecule has 38 heavy (non-hydrogen) atoms. The van der Waals surface area contributed by atoms with Crippen molar-refractivity contribution in [3.8, 4) is 5.95 Å². The molecule has 3 aliphatic rings. The molecule has 0 amide bonds. The molecule has 1 aromatic carbocycles. The summed E-state index contributed by atoms with van der Waals surface area (Å²) in [6.45, 7) is 10.4. The van der Waals surface area contributed by atoms with E-state index in [1.54, 1.807) is 0 Å². The van der Waals surface area contributed by atoms with E-state index in [9.17, 15) is 0 Å². The lowest BCUT2D eigenvalue weighted by molar-refractivity contribution is 0.0574. The van der Waals surface area contributed by atoms with Crippen LogP contribution in [0, 0.1) is 0 Å². The molecule has 2 aliphatic heterocycles. The molecule has 3 fully saturated rings. The van der Waals surface area contributed by atoms with E-state index in [4.69, 9.17) is 24.7 Å². The van der Waals surface area contributed by atoms with Crippen molar-refractivity contribution < 1.29 is 4.74 Å². The second-order valence-corrected chi connectivity index (χ2v) is 10.8. The average molecular weight is 516 g/mol. The summed E-state index contributed by atoms with van der Waals surface area (Å²) in [6, 6.07) is 9.06. The summed E-state index contributed by atoms with van der Waals surface area (Å²) in [5, 5.41) is 0. The number of fused-ring (bicyclic) bond motifs is 2. The lowest BCUT2D eigenvalue weighted by atomic mass is 9.91. The zero-order valence-corrected chi connectivity index (χ0v) is 22.5. The van der Waals surface area contributed by atoms with Crippen LogP contribution in [0.1, 0.15) is 37.8 Å². The lowest BCUT2D eigenvalue weighted by Crippen LogP contribution is -2.51. The Morgan fingerprint density at radius 2 is 1.68 bits per heavy atom. The molecule has 0 N–H and O–H groups in total. The normalized spacial score (nSPS) is 20.0. The van der Waals surface area contributed by atoms with Crippen LogP contribution in [-0.2, 0) is 24.8 Å². The van der Waals surface area contributed by atoms with Gasteiger partial charge in [0.15, 0.2) is 17.0 Å². The molecule has 0 unspecified atom stereocenters. The van der Waals surface area contributed by atoms with Crippen molar-refractivity contribution >= 4 is 28.0 Å². The topological polar surface area (TPSA) is 80.4 Å². The molecule has 200 valence electrons. The minimum absolute atomic E-state index is 0.660. The molecule has 4 aromatic rings. The van der Waals surface area contributed by atoms with E-state index < -0.39 is 0 Å². The van der Waals surface area contributed by atoms with Gasteiger partial charge in [-0.15, -0.1) is 0 Å². The third kappa shape index (κ3) is 4.15. The largest absolute Gasteiger partial charge is 0.378 e. The smallest absolute Gasteiger partial charge is 0.239 e. The zero-order valence-electron chi connectivity index (χ0n) is 22.5. The standard InChI is InChI=1S/C28H37N9O/c1-3-23-29-21-9-4-5-10-22(21)37(23)28-31-26-25(27(32-28)36-15-17-38-18-16-36)30-24(33(26)2)19-34-11-13-35(14-12-34)20-7-6-8-20/h4-5,9-10,20H,3,6-8,11-19H2,1-2H3. The van der Waals surface area contributed by atoms with Crippen molar-refractivity contribution in [2.45, 2.75) is 45.2 Å². The maximum Gasteiger partial charge on any atom is 0.239 e. The minimum atomic E-state index is 0.660. The van der Waals surface area contributed by atoms with Crippen LogP contribution in [0.3, 0.4) is 0 Å². The highest BCUT2D eigenvalue weighted by Gasteiger charge is 2.29. The Labute approximate surface area is 223 Å². The summed E-state index contributed by atoms with van der Waals surface area (Å²) in [5.74, 6) is 3.56. The molecular formula is C28H37N9O. The second kappa shape index (κ2) is 9.91. The first-order valence-electron chi connectivity index (χ1n) is 14.2. The Bertz CT molecular complexity index is 1440. The minimum Gasteiger partial charge on any atom is -0.378 e. The van der Waals surface area contributed by atoms with Crippen LogP contribution in [0.2, 0.25) is 0 Å². The van der Waals surface area contributed by atoms with E-state index in [2.05, 4.69) is 49.9 Å². The van der Waals surface area contributed by atoms with Crippen molar-refractivity contribution in [2.24, 2.45) is 7.05 Å². The number of aryl methyl sites for hydroxylation is 2. The third-order valence-electron chi connectivity index (χ3n) is 8.60. The number of imidazole rings is 2. The fourth-order valence-electron chi connectivity index (χ4n) is 6.09. The summed E-state index contributed by atoms with van der Waals surface area (Å²) in [7, 11) is 2.10. The first-order valence-corrected chi connectivity index (χ1v) is 14.2. The number of rotatable bonds is 6. The molecule has 10 heteroatoms. The molecule has 0 spiro atoms. The Balaban J connectivity index is 1.28. The quantitative estimate of drug-likeness (QED) is 0.388. The highest BCUT2D eigenvalue weighted by molar-refractivity contribution is 5.86. The number of hydrogen-bond donors (Lipinski definition) is 0. The molecule has 5 heterocycles. The van der Waals surface area contributed by atoms with E-state index in [1.807, 2.05) is 12.1 Å². The molecular weight excluding hydrogens is 478 g/mol. The molecule has 0 bridgehead atoms. The van der Waals surface area contributed by atoms with Crippen molar-refractivity contribution in [2.75, 3.05) is 57.4 Å². The first kappa shape index (κ1) is 24.0. The van der Waals surface area contributed by atoms with Gasteiger partial charge in [0, 0.05) is 58.8 Å². The summed E-state index contributed by atoms with van der Waals surface area (Å²) >= 11 is 0. The van der Waals surface area contributed by atoms with Crippen LogP contribution in [0.5, 0.6) is 0 Å². The average Bonchev–Trinajstić information content (AvgIpc) is 3.46. The number of morpholine rings is 1. The Morgan fingerprint density at radius 3 is 2.42 bits per heavy atom. The number of para-hydroxylation sites is 2. The molecule has 3 aromatic heterocycles. The number of ether oxygens (including phenoxy) is 1. The van der Waals surface area contributed by atoms with Gasteiger partial charge in [-0.05, 0) is 25.0 Å². The summed E-state index contributed by atoms with van der Waals surface area (Å²) in [4.78, 5) is 27.9. The lowest BCUT2D eigenvalue weighted by Gasteiger charge is -2.42. The maximum absolute atomic E-state index is 5.66. The predicted octanol–water partition coefficient (Wildman–Crippen LogP) is 2.77. The summed E-state index contributed by atoms with van der Waals surface area (Å²) in [6.07, 6.45) is 4.95. The van der Waals surface area contributed by atoms with Gasteiger partial charge < -0.3 is 14.2 Å². The molecule has 1 aliphatic carbocycles. The van der Waals surface area contributed by atoms with Gasteiger partial charge >= 0.3 is 0 Å². The van der Waals surface area contributed by atoms with Gasteiger partial charge in [0.1, 0.15) is 11.6 Å². The molecule has 7 rings (SSSR count). The number of nitrogens with zero attached hydrogens (tertiary/aromatic N) is 9. The van der Waals surface area contributed by atoms with Crippen molar-refractivity contribution in [1.82, 2.24) is 38.9 Å². The molecule has 0 radical (unpaired) electrons. The van der Waals surface area contributed by atoms with Crippen LogP contribution in [-0.4, -0.2) is 97.4 Å². The molecule has 0 atom stereocenters. The van der Waals surface area contributed by atoms with Gasteiger partial charge in [0.05, 0.1) is 30.8 Å². The van der Waals surface area contributed by atoms with Crippen molar-refractivity contribution in [1.29, 1.82) is 0 Å². The Kier molecular flexibility index (Phi) is 6.25. The van der Waals surface area contributed by atoms with E-state index >= 15 is 0 Å². The van der Waals surface area contributed by atoms with Crippen LogP contribution in [0.4, 0.5) is 5.82 Å². The third-order valence-corrected chi connectivity index (χ3v) is 8.60. The van der Waals surface area contributed by atoms with Crippen molar-refractivity contribution in [3.63, 3.8) is 0 Å². The fraction of sp³-hybridized carbons (Fsp3) is 0.571. The van der Waals surface area contributed by atoms with Crippen molar-refractivity contribution in [3.05, 3.63) is 35.9 Å². The van der Waals surface area contributed by atoms with Crippen LogP contribution in [0.15, 0.2) is 24.3 Å². The summed E-state index contributed by atoms with van der Waals surface area (Å²) in [5.41, 5.74) is 3.75. The Hall–Kier alpha value is -3.08. The number of piperazine rings is 1. The van der Waals surface area contributed by atoms with E-state index in [0.29, 0.717) is 19.2 Å². The predicted molar refractivity (Wildman–Crippen MR) is 148 cm³/mol. The van der Waals surface area contributed by atoms with Gasteiger partial charge in [0.25, 0.3) is 0 Å². The van der Waals surface area contributed by atoms with Gasteiger partial charge in [-0.2, -0.15) is 9.97 Å². The van der Waals surface area contributed by atoms with Crippen LogP contribution in [0.25, 0.3) is 28.1 Å². The maximum atomic E-state index is 5.66. The van der Waals surface area contributed by atoms with Crippen LogP contribution < -0.4 is 4.90 Å². The van der Waals surface area contributed by atoms with Gasteiger partial charge in [-0.1, -0.05) is 25.5 Å². The molecule has 2 saturated heterocycles. The zero-order chi connectivity index (χ0) is 25.6. The van der Waals surface area contributed by atoms with Gasteiger partial charge in [-0.25, -0.2) is 9.97 Å². The molecule has 1 saturated carbocycles. The van der Waals surface area contributed by atoms with Gasteiger partial charge in [0.2, 0.25) is 5.95 Å². The second-order valence-electron chi connectivity index (χ2n) is 10.8. The fourth-order valence-corrected chi connectivity index (χ4v) is 6.09. The molecule has 10 nitrogen and oxygen atoms in total. The van der Waals surface area contributed by atoms with Crippen LogP contribution >= 0.6 is 0 Å². The first-order chi connectivity index (χ1) is 18.7. The number of benzene rings is 1. The van der Waals surface area contributed by atoms with E-state index in [0.717, 1.165) is 97.9 Å². The highest BCUT2D eigenvalue weighted by atomic mass is 16.5. The van der Waals surface area contributed by atoms with E-state index in [-0.39, 0.29) is 0 Å². The Morgan fingerprint density at radius 1 is 0.895 bits per heavy atom. The van der Waals surface area contributed by atoms with Gasteiger partial charge in [-0.3, -0.25) is 14.4 Å². The monoisotopic (exact) mass is 515 g/mol. The SMILES string of the molecule is CCc1nc2ccccc2n1-c1nc(N2CCOCC2)c2nc(CN3CCN(C4CCC4)CC3)n(C)c2n1. The number of aromatic nitrogens is 6. The van der Waals surface area contributed by atoms with E-state index in [1.165, 1.54) is 19.3 Å². The number of anilines is 1. The highest BCUT2D eigenvalue weighted by Crippen LogP contribution is 2.29.